The van der Waals surface area contributed by atoms with Gasteiger partial charge in [0.25, 0.3) is 0 Å². The fourth-order valence-corrected chi connectivity index (χ4v) is 3.13. The summed E-state index contributed by atoms with van der Waals surface area (Å²) >= 11 is 6.80. The molecule has 0 unspecified atom stereocenters. The van der Waals surface area contributed by atoms with Crippen molar-refractivity contribution in [3.05, 3.63) is 40.2 Å². The van der Waals surface area contributed by atoms with E-state index in [0.717, 1.165) is 11.3 Å². The third kappa shape index (κ3) is 2.04. The Labute approximate surface area is 96.3 Å². The van der Waals surface area contributed by atoms with Gasteiger partial charge in [-0.2, -0.15) is 0 Å². The van der Waals surface area contributed by atoms with Gasteiger partial charge < -0.3 is 0 Å². The summed E-state index contributed by atoms with van der Waals surface area (Å²) < 4.78 is 23.8. The van der Waals surface area contributed by atoms with Crippen molar-refractivity contribution in [2.45, 2.75) is 9.92 Å². The minimum atomic E-state index is -3.50. The zero-order valence-corrected chi connectivity index (χ0v) is 9.73. The topological polar surface area (TPSA) is 47.0 Å². The van der Waals surface area contributed by atoms with Crippen LogP contribution in [-0.2, 0) is 9.84 Å². The van der Waals surface area contributed by atoms with Crippen LogP contribution in [0.15, 0.2) is 39.6 Å². The van der Waals surface area contributed by atoms with E-state index in [2.05, 4.69) is 10.5 Å². The van der Waals surface area contributed by atoms with Crippen molar-refractivity contribution in [1.29, 1.82) is 0 Å². The molecule has 6 heteroatoms. The molecule has 0 aliphatic carbocycles. The second-order valence-electron chi connectivity index (χ2n) is 2.73. The van der Waals surface area contributed by atoms with Crippen LogP contribution in [0, 0.1) is 5.51 Å². The van der Waals surface area contributed by atoms with Gasteiger partial charge in [-0.15, -0.1) is 11.3 Å². The molecule has 0 atom stereocenters. The summed E-state index contributed by atoms with van der Waals surface area (Å²) in [5.41, 5.74) is 2.50. The van der Waals surface area contributed by atoms with E-state index >= 15 is 0 Å². The molecule has 2 rings (SSSR count). The summed E-state index contributed by atoms with van der Waals surface area (Å²) in [5.74, 6) is 0. The lowest BCUT2D eigenvalue weighted by Gasteiger charge is -2.00. The SMILES string of the molecule is O=S(=O)(c1ccc(Cl)cc1)c1cs[c]n1. The maximum atomic E-state index is 11.9. The Bertz CT molecular complexity index is 546. The molecular weight excluding hydrogens is 254 g/mol. The first-order chi connectivity index (χ1) is 7.10. The van der Waals surface area contributed by atoms with Gasteiger partial charge >= 0.3 is 0 Å². The highest BCUT2D eigenvalue weighted by Gasteiger charge is 2.19. The summed E-state index contributed by atoms with van der Waals surface area (Å²) in [7, 11) is -3.50. The molecule has 15 heavy (non-hydrogen) atoms. The zero-order chi connectivity index (χ0) is 10.9. The number of hydrogen-bond acceptors (Lipinski definition) is 4. The van der Waals surface area contributed by atoms with Crippen LogP contribution >= 0.6 is 22.9 Å². The molecule has 0 N–H and O–H groups in total. The molecule has 77 valence electrons. The van der Waals surface area contributed by atoms with Gasteiger partial charge in [-0.1, -0.05) is 11.6 Å². The van der Waals surface area contributed by atoms with Crippen LogP contribution < -0.4 is 0 Å². The van der Waals surface area contributed by atoms with Crippen molar-refractivity contribution in [2.24, 2.45) is 0 Å². The average molecular weight is 259 g/mol. The first kappa shape index (κ1) is 10.6. The Morgan fingerprint density at radius 3 is 2.47 bits per heavy atom. The molecule has 0 saturated heterocycles. The van der Waals surface area contributed by atoms with Gasteiger partial charge in [-0.3, -0.25) is 0 Å². The predicted octanol–water partition coefficient (Wildman–Crippen LogP) is 2.43. The van der Waals surface area contributed by atoms with E-state index < -0.39 is 9.84 Å². The van der Waals surface area contributed by atoms with E-state index in [-0.39, 0.29) is 9.92 Å². The van der Waals surface area contributed by atoms with Crippen molar-refractivity contribution in [2.75, 3.05) is 0 Å². The molecule has 0 aliphatic rings. The molecule has 0 fully saturated rings. The second kappa shape index (κ2) is 3.92. The lowest BCUT2D eigenvalue weighted by atomic mass is 10.4. The summed E-state index contributed by atoms with van der Waals surface area (Å²) in [6.45, 7) is 0. The van der Waals surface area contributed by atoms with Crippen LogP contribution in [0.5, 0.6) is 0 Å². The standard InChI is InChI=1S/C9H5ClNO2S2/c10-7-1-3-8(4-2-7)15(12,13)9-5-14-6-11-9/h1-5H. The molecule has 1 aromatic heterocycles. The number of thiazole rings is 1. The van der Waals surface area contributed by atoms with Crippen LogP contribution in [0.2, 0.25) is 5.02 Å². The molecule has 3 nitrogen and oxygen atoms in total. The van der Waals surface area contributed by atoms with Gasteiger partial charge in [0.05, 0.1) is 4.90 Å². The molecule has 0 spiro atoms. The average Bonchev–Trinajstić information content (AvgIpc) is 2.71. The number of benzene rings is 1. The van der Waals surface area contributed by atoms with E-state index in [1.165, 1.54) is 29.6 Å². The molecule has 0 bridgehead atoms. The molecule has 1 radical (unpaired) electrons. The summed E-state index contributed by atoms with van der Waals surface area (Å²) in [4.78, 5) is 3.85. The molecule has 0 saturated carbocycles. The number of nitrogens with zero attached hydrogens (tertiary/aromatic N) is 1. The fourth-order valence-electron chi connectivity index (χ4n) is 1.03. The lowest BCUT2D eigenvalue weighted by Crippen LogP contribution is -2.01. The largest absolute Gasteiger partial charge is 0.224 e. The van der Waals surface area contributed by atoms with Gasteiger partial charge in [0.15, 0.2) is 10.5 Å². The smallest absolute Gasteiger partial charge is 0.221 e. The quantitative estimate of drug-likeness (QED) is 0.831. The monoisotopic (exact) mass is 258 g/mol. The minimum Gasteiger partial charge on any atom is -0.221 e. The van der Waals surface area contributed by atoms with Crippen LogP contribution in [0.1, 0.15) is 0 Å². The van der Waals surface area contributed by atoms with E-state index in [9.17, 15) is 8.42 Å². The molecular formula is C9H5ClNO2S2. The molecule has 0 aliphatic heterocycles. The van der Waals surface area contributed by atoms with Crippen molar-refractivity contribution < 1.29 is 8.42 Å². The van der Waals surface area contributed by atoms with E-state index in [1.54, 1.807) is 0 Å². The normalized spacial score (nSPS) is 11.5. The lowest BCUT2D eigenvalue weighted by molar-refractivity contribution is 0.593. The van der Waals surface area contributed by atoms with Crippen molar-refractivity contribution in [3.63, 3.8) is 0 Å². The molecule has 2 aromatic rings. The van der Waals surface area contributed by atoms with Gasteiger partial charge in [0, 0.05) is 10.4 Å². The molecule has 1 aromatic carbocycles. The maximum absolute atomic E-state index is 11.9. The highest BCUT2D eigenvalue weighted by molar-refractivity contribution is 7.91. The second-order valence-corrected chi connectivity index (χ2v) is 5.72. The number of halogens is 1. The van der Waals surface area contributed by atoms with Gasteiger partial charge in [-0.25, -0.2) is 13.4 Å². The van der Waals surface area contributed by atoms with Gasteiger partial charge in [0.1, 0.15) is 0 Å². The fraction of sp³-hybridized carbons (Fsp3) is 0. The van der Waals surface area contributed by atoms with Crippen LogP contribution in [0.3, 0.4) is 0 Å². The summed E-state index contributed by atoms with van der Waals surface area (Å²) in [5, 5.41) is 1.97. The Hall–Kier alpha value is -0.910. The number of rotatable bonds is 2. The third-order valence-electron chi connectivity index (χ3n) is 1.77. The van der Waals surface area contributed by atoms with Crippen molar-refractivity contribution in [1.82, 2.24) is 4.98 Å². The highest BCUT2D eigenvalue weighted by atomic mass is 35.5. The van der Waals surface area contributed by atoms with Crippen molar-refractivity contribution >= 4 is 32.8 Å². The molecule has 1 heterocycles. The first-order valence-corrected chi connectivity index (χ1v) is 6.67. The summed E-state index contributed by atoms with van der Waals surface area (Å²) in [6.07, 6.45) is 0. The van der Waals surface area contributed by atoms with Crippen LogP contribution in [0.4, 0.5) is 0 Å². The van der Waals surface area contributed by atoms with E-state index in [4.69, 9.17) is 11.6 Å². The van der Waals surface area contributed by atoms with Crippen LogP contribution in [-0.4, -0.2) is 13.4 Å². The van der Waals surface area contributed by atoms with Gasteiger partial charge in [-0.05, 0) is 24.3 Å². The van der Waals surface area contributed by atoms with Crippen LogP contribution in [0.25, 0.3) is 0 Å². The van der Waals surface area contributed by atoms with Crippen molar-refractivity contribution in [3.8, 4) is 0 Å². The Morgan fingerprint density at radius 2 is 1.93 bits per heavy atom. The Morgan fingerprint density at radius 1 is 1.27 bits per heavy atom. The zero-order valence-electron chi connectivity index (χ0n) is 7.34. The highest BCUT2D eigenvalue weighted by Crippen LogP contribution is 2.21. The first-order valence-electron chi connectivity index (χ1n) is 3.93. The maximum Gasteiger partial charge on any atom is 0.224 e. The predicted molar refractivity (Wildman–Crippen MR) is 57.9 cm³/mol. The van der Waals surface area contributed by atoms with Gasteiger partial charge in [0.2, 0.25) is 9.84 Å². The van der Waals surface area contributed by atoms with E-state index in [1.807, 2.05) is 0 Å². The summed E-state index contributed by atoms with van der Waals surface area (Å²) in [6, 6.07) is 5.98. The minimum absolute atomic E-state index is 0.0230. The Kier molecular flexibility index (Phi) is 2.77. The number of aromatic nitrogens is 1. The van der Waals surface area contributed by atoms with E-state index in [0.29, 0.717) is 5.02 Å². The molecule has 0 amide bonds. The number of sulfone groups is 1. The number of hydrogen-bond donors (Lipinski definition) is 0. The Balaban J connectivity index is 2.52. The third-order valence-corrected chi connectivity index (χ3v) is 4.36.